The van der Waals surface area contributed by atoms with Crippen molar-refractivity contribution in [1.29, 1.82) is 0 Å². The third kappa shape index (κ3) is 6.10. The maximum absolute atomic E-state index is 11.4. The Morgan fingerprint density at radius 1 is 1.15 bits per heavy atom. The molecule has 0 amide bonds. The SMILES string of the molecule is CCC(CC)(C(C)C)C(C)CCOc1cc(C)c2[nH]ccc2c1CN1CC[C@@H](C)C[C@H]1c1ccc(C(=O)O)cc1. The molecule has 0 aliphatic carbocycles. The fourth-order valence-corrected chi connectivity index (χ4v) is 7.47. The van der Waals surface area contributed by atoms with Crippen molar-refractivity contribution in [1.82, 2.24) is 9.88 Å². The Morgan fingerprint density at radius 2 is 1.85 bits per heavy atom. The van der Waals surface area contributed by atoms with Gasteiger partial charge in [0.1, 0.15) is 5.75 Å². The molecule has 2 heterocycles. The van der Waals surface area contributed by atoms with Gasteiger partial charge in [0.05, 0.1) is 12.2 Å². The minimum absolute atomic E-state index is 0.246. The highest BCUT2D eigenvalue weighted by Gasteiger charge is 2.35. The fourth-order valence-electron chi connectivity index (χ4n) is 7.47. The maximum Gasteiger partial charge on any atom is 0.335 e. The molecule has 3 atom stereocenters. The molecular weight excluding hydrogens is 496 g/mol. The zero-order valence-corrected chi connectivity index (χ0v) is 25.7. The molecule has 2 aromatic carbocycles. The first-order valence-corrected chi connectivity index (χ1v) is 15.4. The van der Waals surface area contributed by atoms with Gasteiger partial charge in [-0.25, -0.2) is 4.79 Å². The Labute approximate surface area is 241 Å². The number of piperidine rings is 1. The van der Waals surface area contributed by atoms with Gasteiger partial charge < -0.3 is 14.8 Å². The van der Waals surface area contributed by atoms with Gasteiger partial charge in [-0.1, -0.05) is 53.7 Å². The normalized spacial score (nSPS) is 19.3. The predicted octanol–water partition coefficient (Wildman–Crippen LogP) is 9.02. The summed E-state index contributed by atoms with van der Waals surface area (Å²) < 4.78 is 6.67. The van der Waals surface area contributed by atoms with Gasteiger partial charge in [0.25, 0.3) is 0 Å². The summed E-state index contributed by atoms with van der Waals surface area (Å²) in [6, 6.07) is 12.1. The summed E-state index contributed by atoms with van der Waals surface area (Å²) in [6.45, 7) is 18.8. The Hall–Kier alpha value is -2.79. The largest absolute Gasteiger partial charge is 0.493 e. The van der Waals surface area contributed by atoms with Crippen molar-refractivity contribution in [3.63, 3.8) is 0 Å². The third-order valence-electron chi connectivity index (χ3n) is 10.2. The average molecular weight is 547 g/mol. The number of carboxylic acids is 1. The molecule has 0 radical (unpaired) electrons. The number of benzene rings is 2. The van der Waals surface area contributed by atoms with Gasteiger partial charge in [-0.3, -0.25) is 4.90 Å². The summed E-state index contributed by atoms with van der Waals surface area (Å²) >= 11 is 0. The number of fused-ring (bicyclic) bond motifs is 1. The number of aromatic carboxylic acids is 1. The number of likely N-dealkylation sites (tertiary alicyclic amines) is 1. The van der Waals surface area contributed by atoms with Crippen molar-refractivity contribution >= 4 is 16.9 Å². The summed E-state index contributed by atoms with van der Waals surface area (Å²) in [5, 5.41) is 10.6. The number of nitrogens with one attached hydrogen (secondary N) is 1. The summed E-state index contributed by atoms with van der Waals surface area (Å²) in [5.74, 6) is 1.98. The predicted molar refractivity (Wildman–Crippen MR) is 165 cm³/mol. The first-order chi connectivity index (χ1) is 19.1. The van der Waals surface area contributed by atoms with Crippen molar-refractivity contribution in [3.8, 4) is 5.75 Å². The van der Waals surface area contributed by atoms with Crippen LogP contribution in [-0.4, -0.2) is 34.1 Å². The van der Waals surface area contributed by atoms with Crippen molar-refractivity contribution in [2.75, 3.05) is 13.2 Å². The van der Waals surface area contributed by atoms with E-state index in [1.54, 1.807) is 12.1 Å². The van der Waals surface area contributed by atoms with Crippen LogP contribution in [-0.2, 0) is 6.54 Å². The standard InChI is InChI=1S/C35H50N2O3/c1-8-35(9-2,23(3)4)26(7)16-19-40-32-21-25(6)33-29(14-17-36-33)30(32)22-37-18-15-24(5)20-31(37)27-10-12-28(13-11-27)34(38)39/h10-14,17,21,23-24,26,31,36H,8-9,15-16,18-20,22H2,1-7H3,(H,38,39)/t24-,26?,31+/m1/s1. The molecule has 1 aliphatic rings. The van der Waals surface area contributed by atoms with E-state index in [2.05, 4.69) is 70.5 Å². The number of H-pyrrole nitrogens is 1. The number of ether oxygens (including phenoxy) is 1. The van der Waals surface area contributed by atoms with Gasteiger partial charge in [0.15, 0.2) is 0 Å². The highest BCUT2D eigenvalue weighted by Crippen LogP contribution is 2.44. The first-order valence-electron chi connectivity index (χ1n) is 15.4. The molecule has 3 aromatic rings. The smallest absolute Gasteiger partial charge is 0.335 e. The highest BCUT2D eigenvalue weighted by molar-refractivity contribution is 5.88. The lowest BCUT2D eigenvalue weighted by Crippen LogP contribution is -2.36. The molecule has 1 saturated heterocycles. The van der Waals surface area contributed by atoms with E-state index < -0.39 is 5.97 Å². The molecule has 1 fully saturated rings. The van der Waals surface area contributed by atoms with Crippen LogP contribution in [0.2, 0.25) is 0 Å². The molecular formula is C35H50N2O3. The Kier molecular flexibility index (Phi) is 9.66. The summed E-state index contributed by atoms with van der Waals surface area (Å²) in [4.78, 5) is 17.5. The minimum atomic E-state index is -0.880. The molecule has 40 heavy (non-hydrogen) atoms. The summed E-state index contributed by atoms with van der Waals surface area (Å²) in [7, 11) is 0. The van der Waals surface area contributed by atoms with Crippen molar-refractivity contribution in [2.24, 2.45) is 23.2 Å². The fraction of sp³-hybridized carbons (Fsp3) is 0.571. The number of aromatic amines is 1. The maximum atomic E-state index is 11.4. The van der Waals surface area contributed by atoms with Crippen molar-refractivity contribution in [3.05, 3.63) is 64.8 Å². The van der Waals surface area contributed by atoms with Crippen LogP contribution in [0.3, 0.4) is 0 Å². The lowest BCUT2D eigenvalue weighted by Gasteiger charge is -2.42. The summed E-state index contributed by atoms with van der Waals surface area (Å²) in [5.41, 5.74) is 5.51. The lowest BCUT2D eigenvalue weighted by atomic mass is 9.64. The average Bonchev–Trinajstić information content (AvgIpc) is 3.43. The van der Waals surface area contributed by atoms with Crippen LogP contribution in [0.5, 0.6) is 5.75 Å². The minimum Gasteiger partial charge on any atom is -0.493 e. The van der Waals surface area contributed by atoms with Gasteiger partial charge in [-0.15, -0.1) is 0 Å². The zero-order valence-electron chi connectivity index (χ0n) is 25.7. The van der Waals surface area contributed by atoms with E-state index in [1.807, 2.05) is 18.3 Å². The van der Waals surface area contributed by atoms with Crippen LogP contribution in [0.4, 0.5) is 0 Å². The van der Waals surface area contributed by atoms with E-state index in [1.165, 1.54) is 40.4 Å². The van der Waals surface area contributed by atoms with E-state index in [0.717, 1.165) is 44.7 Å². The molecule has 0 bridgehead atoms. The van der Waals surface area contributed by atoms with Crippen LogP contribution >= 0.6 is 0 Å². The third-order valence-corrected chi connectivity index (χ3v) is 10.2. The molecule has 1 unspecified atom stereocenters. The quantitative estimate of drug-likeness (QED) is 0.238. The Morgan fingerprint density at radius 3 is 2.48 bits per heavy atom. The van der Waals surface area contributed by atoms with Gasteiger partial charge in [-0.05, 0) is 104 Å². The van der Waals surface area contributed by atoms with Gasteiger partial charge in [0, 0.05) is 35.2 Å². The second kappa shape index (κ2) is 12.8. The Balaban J connectivity index is 1.60. The molecule has 218 valence electrons. The monoisotopic (exact) mass is 546 g/mol. The zero-order chi connectivity index (χ0) is 29.0. The molecule has 1 aliphatic heterocycles. The van der Waals surface area contributed by atoms with E-state index in [9.17, 15) is 9.90 Å². The van der Waals surface area contributed by atoms with E-state index in [0.29, 0.717) is 28.7 Å². The number of aromatic nitrogens is 1. The number of carboxylic acid groups (broad SMARTS) is 1. The molecule has 2 N–H and O–H groups in total. The second-order valence-corrected chi connectivity index (χ2v) is 12.6. The number of nitrogens with zero attached hydrogens (tertiary/aromatic N) is 1. The number of hydrogen-bond donors (Lipinski definition) is 2. The molecule has 5 heteroatoms. The van der Waals surface area contributed by atoms with Crippen molar-refractivity contribution < 1.29 is 14.6 Å². The van der Waals surface area contributed by atoms with Crippen LogP contribution < -0.4 is 4.74 Å². The molecule has 0 saturated carbocycles. The molecule has 1 aromatic heterocycles. The first kappa shape index (κ1) is 30.2. The van der Waals surface area contributed by atoms with Crippen LogP contribution in [0.25, 0.3) is 10.9 Å². The van der Waals surface area contributed by atoms with Gasteiger partial charge in [0.2, 0.25) is 0 Å². The van der Waals surface area contributed by atoms with E-state index in [-0.39, 0.29) is 6.04 Å². The van der Waals surface area contributed by atoms with Crippen LogP contribution in [0, 0.1) is 30.1 Å². The highest BCUT2D eigenvalue weighted by atomic mass is 16.5. The van der Waals surface area contributed by atoms with E-state index in [4.69, 9.17) is 4.74 Å². The van der Waals surface area contributed by atoms with Gasteiger partial charge in [-0.2, -0.15) is 0 Å². The van der Waals surface area contributed by atoms with Gasteiger partial charge >= 0.3 is 5.97 Å². The van der Waals surface area contributed by atoms with Crippen LogP contribution in [0.15, 0.2) is 42.6 Å². The molecule has 0 spiro atoms. The second-order valence-electron chi connectivity index (χ2n) is 12.6. The Bertz CT molecular complexity index is 1270. The van der Waals surface area contributed by atoms with Crippen molar-refractivity contribution in [2.45, 2.75) is 93.2 Å². The lowest BCUT2D eigenvalue weighted by molar-refractivity contribution is 0.0696. The van der Waals surface area contributed by atoms with E-state index >= 15 is 0 Å². The summed E-state index contributed by atoms with van der Waals surface area (Å²) in [6.07, 6.45) is 7.70. The molecule has 4 rings (SSSR count). The topological polar surface area (TPSA) is 65.6 Å². The molecule has 5 nitrogen and oxygen atoms in total. The van der Waals surface area contributed by atoms with Crippen LogP contribution in [0.1, 0.15) is 107 Å². The number of hydrogen-bond acceptors (Lipinski definition) is 3. The number of carbonyl (C=O) groups is 1. The number of aryl methyl sites for hydroxylation is 1. The number of rotatable bonds is 12.